The van der Waals surface area contributed by atoms with E-state index < -0.39 is 0 Å². The number of allylic oxidation sites excluding steroid dienone is 2. The monoisotopic (exact) mass is 137 g/mol. The van der Waals surface area contributed by atoms with Gasteiger partial charge in [-0.15, -0.1) is 11.8 Å². The second-order valence-corrected chi connectivity index (χ2v) is 3.09. The highest BCUT2D eigenvalue weighted by molar-refractivity contribution is 8.03. The Morgan fingerprint density at radius 2 is 2.67 bits per heavy atom. The van der Waals surface area contributed by atoms with Gasteiger partial charge in [-0.05, 0) is 11.0 Å². The minimum absolute atomic E-state index is 0.426. The molecule has 0 aliphatic carbocycles. The summed E-state index contributed by atoms with van der Waals surface area (Å²) in [6.07, 6.45) is 7.30. The summed E-state index contributed by atoms with van der Waals surface area (Å²) < 4.78 is 0. The van der Waals surface area contributed by atoms with E-state index in [0.717, 1.165) is 6.42 Å². The lowest BCUT2D eigenvalue weighted by Gasteiger charge is -2.08. The molecule has 1 unspecified atom stereocenters. The zero-order valence-electron chi connectivity index (χ0n) is 4.95. The highest BCUT2D eigenvalue weighted by Crippen LogP contribution is 2.30. The SMILES string of the molecule is C1=CSC2N=CCC2=C1. The molecule has 2 aliphatic rings. The van der Waals surface area contributed by atoms with Crippen molar-refractivity contribution in [3.63, 3.8) is 0 Å². The number of fused-ring (bicyclic) bond motifs is 1. The molecule has 0 spiro atoms. The van der Waals surface area contributed by atoms with E-state index in [-0.39, 0.29) is 0 Å². The van der Waals surface area contributed by atoms with Gasteiger partial charge in [-0.3, -0.25) is 4.99 Å². The van der Waals surface area contributed by atoms with Gasteiger partial charge in [0.25, 0.3) is 0 Å². The predicted octanol–water partition coefficient (Wildman–Crippen LogP) is 1.97. The smallest absolute Gasteiger partial charge is 0.120 e. The van der Waals surface area contributed by atoms with Crippen molar-refractivity contribution in [3.05, 3.63) is 23.1 Å². The van der Waals surface area contributed by atoms with Crippen LogP contribution in [-0.4, -0.2) is 11.6 Å². The highest BCUT2D eigenvalue weighted by atomic mass is 32.2. The Morgan fingerprint density at radius 1 is 1.67 bits per heavy atom. The molecule has 0 aromatic heterocycles. The first-order valence-corrected chi connectivity index (χ1v) is 3.94. The third-order valence-electron chi connectivity index (χ3n) is 1.48. The second kappa shape index (κ2) is 2.03. The van der Waals surface area contributed by atoms with Crippen LogP contribution in [0.5, 0.6) is 0 Å². The van der Waals surface area contributed by atoms with Crippen molar-refractivity contribution < 1.29 is 0 Å². The first kappa shape index (κ1) is 5.30. The number of hydrogen-bond donors (Lipinski definition) is 0. The average molecular weight is 137 g/mol. The summed E-state index contributed by atoms with van der Waals surface area (Å²) in [5, 5.41) is 2.52. The molecule has 2 aliphatic heterocycles. The van der Waals surface area contributed by atoms with Gasteiger partial charge >= 0.3 is 0 Å². The minimum Gasteiger partial charge on any atom is -0.278 e. The zero-order chi connectivity index (χ0) is 6.10. The standard InChI is InChI=1S/C7H7NS/c1-2-6-3-4-8-7(6)9-5-1/h1-2,4-5,7H,3H2. The molecule has 0 aromatic carbocycles. The van der Waals surface area contributed by atoms with Crippen molar-refractivity contribution in [1.82, 2.24) is 0 Å². The van der Waals surface area contributed by atoms with Crippen LogP contribution in [0.25, 0.3) is 0 Å². The Hall–Kier alpha value is -0.500. The molecule has 0 fully saturated rings. The average Bonchev–Trinajstić information content (AvgIpc) is 2.33. The van der Waals surface area contributed by atoms with Gasteiger partial charge in [-0.25, -0.2) is 0 Å². The van der Waals surface area contributed by atoms with E-state index in [9.17, 15) is 0 Å². The minimum atomic E-state index is 0.426. The maximum absolute atomic E-state index is 4.28. The van der Waals surface area contributed by atoms with Gasteiger partial charge in [-0.1, -0.05) is 12.2 Å². The van der Waals surface area contributed by atoms with Gasteiger partial charge in [0, 0.05) is 12.6 Å². The van der Waals surface area contributed by atoms with Crippen LogP contribution in [-0.2, 0) is 0 Å². The summed E-state index contributed by atoms with van der Waals surface area (Å²) in [6.45, 7) is 0. The summed E-state index contributed by atoms with van der Waals surface area (Å²) in [7, 11) is 0. The largest absolute Gasteiger partial charge is 0.278 e. The summed E-state index contributed by atoms with van der Waals surface area (Å²) in [5.41, 5.74) is 1.45. The molecule has 0 saturated heterocycles. The van der Waals surface area contributed by atoms with E-state index in [1.807, 2.05) is 6.21 Å². The Bertz CT molecular complexity index is 203. The molecule has 9 heavy (non-hydrogen) atoms. The third-order valence-corrected chi connectivity index (χ3v) is 2.48. The molecule has 0 amide bonds. The Balaban J connectivity index is 2.29. The van der Waals surface area contributed by atoms with E-state index in [2.05, 4.69) is 22.6 Å². The molecular formula is C7H7NS. The Labute approximate surface area is 58.6 Å². The quantitative estimate of drug-likeness (QED) is 0.497. The normalized spacial score (nSPS) is 30.2. The Morgan fingerprint density at radius 3 is 3.56 bits per heavy atom. The number of hydrogen-bond acceptors (Lipinski definition) is 2. The molecule has 2 rings (SSSR count). The van der Waals surface area contributed by atoms with Gasteiger partial charge in [-0.2, -0.15) is 0 Å². The molecular weight excluding hydrogens is 130 g/mol. The van der Waals surface area contributed by atoms with Gasteiger partial charge in [0.1, 0.15) is 5.37 Å². The summed E-state index contributed by atoms with van der Waals surface area (Å²) in [5.74, 6) is 0. The fraction of sp³-hybridized carbons (Fsp3) is 0.286. The number of thioether (sulfide) groups is 1. The van der Waals surface area contributed by atoms with Gasteiger partial charge < -0.3 is 0 Å². The summed E-state index contributed by atoms with van der Waals surface area (Å²) >= 11 is 1.79. The molecule has 0 radical (unpaired) electrons. The topological polar surface area (TPSA) is 12.4 Å². The lowest BCUT2D eigenvalue weighted by Crippen LogP contribution is -1.97. The van der Waals surface area contributed by atoms with Crippen molar-refractivity contribution in [3.8, 4) is 0 Å². The number of rotatable bonds is 0. The van der Waals surface area contributed by atoms with Crippen molar-refractivity contribution >= 4 is 18.0 Å². The predicted molar refractivity (Wildman–Crippen MR) is 41.7 cm³/mol. The fourth-order valence-electron chi connectivity index (χ4n) is 1.01. The third kappa shape index (κ3) is 0.833. The van der Waals surface area contributed by atoms with Crippen LogP contribution in [0.4, 0.5) is 0 Å². The highest BCUT2D eigenvalue weighted by Gasteiger charge is 2.16. The first-order valence-electron chi connectivity index (χ1n) is 2.99. The van der Waals surface area contributed by atoms with Crippen LogP contribution in [0.1, 0.15) is 6.42 Å². The van der Waals surface area contributed by atoms with Crippen LogP contribution in [0.2, 0.25) is 0 Å². The molecule has 0 bridgehead atoms. The molecule has 1 nitrogen and oxygen atoms in total. The van der Waals surface area contributed by atoms with Crippen LogP contribution in [0, 0.1) is 0 Å². The van der Waals surface area contributed by atoms with E-state index in [4.69, 9.17) is 0 Å². The van der Waals surface area contributed by atoms with E-state index >= 15 is 0 Å². The first-order chi connectivity index (χ1) is 4.47. The van der Waals surface area contributed by atoms with E-state index in [1.54, 1.807) is 11.8 Å². The molecule has 1 atom stereocenters. The van der Waals surface area contributed by atoms with Crippen molar-refractivity contribution in [1.29, 1.82) is 0 Å². The number of nitrogens with zero attached hydrogens (tertiary/aromatic N) is 1. The number of aliphatic imine (C=N–C) groups is 1. The maximum atomic E-state index is 4.28. The second-order valence-electron chi connectivity index (χ2n) is 2.09. The van der Waals surface area contributed by atoms with Crippen LogP contribution in [0.15, 0.2) is 28.1 Å². The molecule has 0 saturated carbocycles. The zero-order valence-corrected chi connectivity index (χ0v) is 5.77. The lowest BCUT2D eigenvalue weighted by atomic mass is 10.2. The van der Waals surface area contributed by atoms with Gasteiger partial charge in [0.05, 0.1) is 0 Å². The molecule has 2 heterocycles. The van der Waals surface area contributed by atoms with Crippen molar-refractivity contribution in [2.45, 2.75) is 11.8 Å². The molecule has 0 N–H and O–H groups in total. The molecule has 46 valence electrons. The van der Waals surface area contributed by atoms with Crippen LogP contribution in [0.3, 0.4) is 0 Å². The summed E-state index contributed by atoms with van der Waals surface area (Å²) in [6, 6.07) is 0. The summed E-state index contributed by atoms with van der Waals surface area (Å²) in [4.78, 5) is 4.28. The van der Waals surface area contributed by atoms with Crippen LogP contribution >= 0.6 is 11.8 Å². The lowest BCUT2D eigenvalue weighted by molar-refractivity contribution is 1.10. The van der Waals surface area contributed by atoms with E-state index in [1.165, 1.54) is 5.57 Å². The van der Waals surface area contributed by atoms with E-state index in [0.29, 0.717) is 5.37 Å². The molecule has 2 heteroatoms. The van der Waals surface area contributed by atoms with Crippen molar-refractivity contribution in [2.24, 2.45) is 4.99 Å². The van der Waals surface area contributed by atoms with Crippen molar-refractivity contribution in [2.75, 3.05) is 0 Å². The maximum Gasteiger partial charge on any atom is 0.120 e. The van der Waals surface area contributed by atoms with Crippen LogP contribution < -0.4 is 0 Å². The van der Waals surface area contributed by atoms with Gasteiger partial charge in [0.2, 0.25) is 0 Å². The Kier molecular flexibility index (Phi) is 1.19. The molecule has 0 aromatic rings. The fourth-order valence-corrected chi connectivity index (χ4v) is 1.83. The van der Waals surface area contributed by atoms with Gasteiger partial charge in [0.15, 0.2) is 0 Å².